The quantitative estimate of drug-likeness (QED) is 0.707. The van der Waals surface area contributed by atoms with Crippen LogP contribution in [0.3, 0.4) is 0 Å². The van der Waals surface area contributed by atoms with Crippen molar-refractivity contribution in [2.45, 2.75) is 20.3 Å². The number of nitrogens with zero attached hydrogens (tertiary/aromatic N) is 2. The van der Waals surface area contributed by atoms with Crippen molar-refractivity contribution in [1.29, 1.82) is 0 Å². The van der Waals surface area contributed by atoms with E-state index in [1.54, 1.807) is 27.7 Å². The van der Waals surface area contributed by atoms with E-state index in [1.165, 1.54) is 5.56 Å². The summed E-state index contributed by atoms with van der Waals surface area (Å²) >= 11 is 0. The van der Waals surface area contributed by atoms with E-state index in [1.807, 2.05) is 12.1 Å². The maximum Gasteiger partial charge on any atom is 0.162 e. The first kappa shape index (κ1) is 17.0. The molecule has 25 heavy (non-hydrogen) atoms. The number of fused-ring (bicyclic) bond motifs is 1. The number of benzene rings is 2. The van der Waals surface area contributed by atoms with Gasteiger partial charge in [-0.15, -0.1) is 0 Å². The maximum atomic E-state index is 5.45. The number of ether oxygens (including phenoxy) is 3. The summed E-state index contributed by atoms with van der Waals surface area (Å²) in [5.41, 5.74) is 5.22. The van der Waals surface area contributed by atoms with E-state index in [-0.39, 0.29) is 0 Å². The van der Waals surface area contributed by atoms with Crippen molar-refractivity contribution in [2.75, 3.05) is 21.3 Å². The topological polar surface area (TPSA) is 53.5 Å². The molecule has 0 amide bonds. The van der Waals surface area contributed by atoms with Gasteiger partial charge in [0.1, 0.15) is 12.1 Å². The highest BCUT2D eigenvalue weighted by Gasteiger charge is 2.12. The summed E-state index contributed by atoms with van der Waals surface area (Å²) in [5.74, 6) is 2.27. The molecule has 1 heterocycles. The molecule has 0 saturated heterocycles. The van der Waals surface area contributed by atoms with E-state index in [0.29, 0.717) is 17.9 Å². The molecule has 0 atom stereocenters. The fraction of sp³-hybridized carbons (Fsp3) is 0.300. The van der Waals surface area contributed by atoms with Crippen molar-refractivity contribution in [1.82, 2.24) is 9.97 Å². The van der Waals surface area contributed by atoms with Crippen LogP contribution in [0.4, 0.5) is 0 Å². The van der Waals surface area contributed by atoms with E-state index in [2.05, 4.69) is 35.9 Å². The predicted molar refractivity (Wildman–Crippen MR) is 97.9 cm³/mol. The number of rotatable bonds is 5. The maximum absolute atomic E-state index is 5.45. The molecule has 0 aliphatic carbocycles. The van der Waals surface area contributed by atoms with Crippen LogP contribution < -0.4 is 14.2 Å². The molecule has 5 nitrogen and oxygen atoms in total. The molecule has 0 saturated carbocycles. The second-order valence-corrected chi connectivity index (χ2v) is 5.98. The van der Waals surface area contributed by atoms with Crippen molar-refractivity contribution in [2.24, 2.45) is 0 Å². The first-order chi connectivity index (χ1) is 12.1. The third-order valence-corrected chi connectivity index (χ3v) is 4.32. The zero-order valence-corrected chi connectivity index (χ0v) is 15.2. The summed E-state index contributed by atoms with van der Waals surface area (Å²) in [7, 11) is 4.95. The lowest BCUT2D eigenvalue weighted by Gasteiger charge is -2.13. The average molecular weight is 338 g/mol. The Balaban J connectivity index is 2.07. The lowest BCUT2D eigenvalue weighted by molar-refractivity contribution is 0.355. The van der Waals surface area contributed by atoms with Gasteiger partial charge in [0.05, 0.1) is 32.5 Å². The molecular formula is C20H22N2O3. The molecule has 0 spiro atoms. The molecule has 3 aromatic rings. The van der Waals surface area contributed by atoms with Gasteiger partial charge in [-0.2, -0.15) is 0 Å². The van der Waals surface area contributed by atoms with Crippen molar-refractivity contribution in [3.63, 3.8) is 0 Å². The monoisotopic (exact) mass is 338 g/mol. The van der Waals surface area contributed by atoms with Crippen LogP contribution in [0.5, 0.6) is 17.2 Å². The molecule has 5 heteroatoms. The number of aromatic nitrogens is 2. The third-order valence-electron chi connectivity index (χ3n) is 4.32. The normalized spacial score (nSPS) is 10.8. The second kappa shape index (κ2) is 6.97. The van der Waals surface area contributed by atoms with Gasteiger partial charge in [-0.05, 0) is 36.6 Å². The molecule has 0 aliphatic rings. The minimum absolute atomic E-state index is 0.663. The Labute approximate surface area is 147 Å². The summed E-state index contributed by atoms with van der Waals surface area (Å²) in [6, 6.07) is 8.09. The zero-order chi connectivity index (χ0) is 18.0. The van der Waals surface area contributed by atoms with Crippen LogP contribution in [0, 0.1) is 13.8 Å². The van der Waals surface area contributed by atoms with Gasteiger partial charge < -0.3 is 14.2 Å². The van der Waals surface area contributed by atoms with Crippen molar-refractivity contribution in [3.8, 4) is 17.2 Å². The number of methoxy groups -OCH3 is 3. The zero-order valence-electron chi connectivity index (χ0n) is 15.2. The number of hydrogen-bond donors (Lipinski definition) is 0. The van der Waals surface area contributed by atoms with Crippen LogP contribution in [0.2, 0.25) is 0 Å². The Morgan fingerprint density at radius 2 is 1.44 bits per heavy atom. The Morgan fingerprint density at radius 3 is 2.04 bits per heavy atom. The molecule has 0 aliphatic heterocycles. The van der Waals surface area contributed by atoms with Crippen LogP contribution in [-0.4, -0.2) is 31.3 Å². The van der Waals surface area contributed by atoms with E-state index in [9.17, 15) is 0 Å². The van der Waals surface area contributed by atoms with Gasteiger partial charge in [0, 0.05) is 17.9 Å². The summed E-state index contributed by atoms with van der Waals surface area (Å²) in [6.45, 7) is 4.11. The summed E-state index contributed by atoms with van der Waals surface area (Å²) in [4.78, 5) is 8.86. The number of aryl methyl sites for hydroxylation is 2. The standard InChI is InChI=1S/C20H22N2O3/c1-12-6-14(7-13(2)20(12)25-5)8-16-15-9-18(23-3)19(24-4)10-17(15)22-11-21-16/h6-7,9-11H,8H2,1-5H3. The molecular weight excluding hydrogens is 316 g/mol. The molecule has 0 fully saturated rings. The Kier molecular flexibility index (Phi) is 4.74. The molecule has 0 bridgehead atoms. The van der Waals surface area contributed by atoms with Crippen LogP contribution in [0.25, 0.3) is 10.9 Å². The van der Waals surface area contributed by atoms with E-state index in [4.69, 9.17) is 14.2 Å². The smallest absolute Gasteiger partial charge is 0.162 e. The average Bonchev–Trinajstić information content (AvgIpc) is 2.60. The van der Waals surface area contributed by atoms with Gasteiger partial charge in [-0.1, -0.05) is 12.1 Å². The highest BCUT2D eigenvalue weighted by atomic mass is 16.5. The van der Waals surface area contributed by atoms with Crippen molar-refractivity contribution < 1.29 is 14.2 Å². The highest BCUT2D eigenvalue weighted by molar-refractivity contribution is 5.84. The minimum atomic E-state index is 0.663. The van der Waals surface area contributed by atoms with Gasteiger partial charge >= 0.3 is 0 Å². The Morgan fingerprint density at radius 1 is 0.800 bits per heavy atom. The molecule has 1 aromatic heterocycles. The lowest BCUT2D eigenvalue weighted by atomic mass is 10.0. The van der Waals surface area contributed by atoms with Gasteiger partial charge in [0.15, 0.2) is 11.5 Å². The highest BCUT2D eigenvalue weighted by Crippen LogP contribution is 2.33. The number of hydrogen-bond acceptors (Lipinski definition) is 5. The van der Waals surface area contributed by atoms with Gasteiger partial charge in [0.25, 0.3) is 0 Å². The molecule has 0 unspecified atom stereocenters. The van der Waals surface area contributed by atoms with Gasteiger partial charge in [-0.25, -0.2) is 9.97 Å². The third kappa shape index (κ3) is 3.22. The second-order valence-electron chi connectivity index (χ2n) is 5.98. The Bertz CT molecular complexity index is 899. The lowest BCUT2D eigenvalue weighted by Crippen LogP contribution is -1.99. The molecule has 0 N–H and O–H groups in total. The first-order valence-electron chi connectivity index (χ1n) is 8.07. The van der Waals surface area contributed by atoms with Crippen LogP contribution in [0.1, 0.15) is 22.4 Å². The first-order valence-corrected chi connectivity index (χ1v) is 8.07. The summed E-state index contributed by atoms with van der Waals surface area (Å²) in [5, 5.41) is 0.964. The van der Waals surface area contributed by atoms with E-state index >= 15 is 0 Å². The summed E-state index contributed by atoms with van der Waals surface area (Å²) < 4.78 is 16.2. The van der Waals surface area contributed by atoms with Gasteiger partial charge in [-0.3, -0.25) is 0 Å². The van der Waals surface area contributed by atoms with E-state index < -0.39 is 0 Å². The van der Waals surface area contributed by atoms with E-state index in [0.717, 1.165) is 33.5 Å². The fourth-order valence-electron chi connectivity index (χ4n) is 3.23. The van der Waals surface area contributed by atoms with Crippen molar-refractivity contribution >= 4 is 10.9 Å². The predicted octanol–water partition coefficient (Wildman–Crippen LogP) is 3.86. The SMILES string of the molecule is COc1cc2ncnc(Cc3cc(C)c(OC)c(C)c3)c2cc1OC. The molecule has 3 rings (SSSR count). The minimum Gasteiger partial charge on any atom is -0.496 e. The Hall–Kier alpha value is -2.82. The molecule has 130 valence electrons. The molecule has 0 radical (unpaired) electrons. The molecule has 2 aromatic carbocycles. The van der Waals surface area contributed by atoms with Crippen LogP contribution in [0.15, 0.2) is 30.6 Å². The van der Waals surface area contributed by atoms with Crippen LogP contribution in [-0.2, 0) is 6.42 Å². The summed E-state index contributed by atoms with van der Waals surface area (Å²) in [6.07, 6.45) is 2.30. The fourth-order valence-corrected chi connectivity index (χ4v) is 3.23. The largest absolute Gasteiger partial charge is 0.496 e. The van der Waals surface area contributed by atoms with Gasteiger partial charge in [0.2, 0.25) is 0 Å². The van der Waals surface area contributed by atoms with Crippen LogP contribution >= 0.6 is 0 Å². The van der Waals surface area contributed by atoms with Crippen molar-refractivity contribution in [3.05, 3.63) is 53.0 Å².